The molecule has 0 saturated heterocycles. The molecule has 0 bridgehead atoms. The third kappa shape index (κ3) is 5.63. The van der Waals surface area contributed by atoms with E-state index >= 15 is 0 Å². The molecule has 31 heavy (non-hydrogen) atoms. The van der Waals surface area contributed by atoms with Gasteiger partial charge in [0.2, 0.25) is 0 Å². The monoisotopic (exact) mass is 427 g/mol. The summed E-state index contributed by atoms with van der Waals surface area (Å²) in [5, 5.41) is 7.44. The Morgan fingerprint density at radius 3 is 2.19 bits per heavy atom. The maximum absolute atomic E-state index is 13.2. The standard InChI is InChI=1S/C23H20F3N3O2/c24-23(25,26)22(30)29(13-14-31-20-8-4-7-18(15-20)21(27)28)19-11-9-17(10-12-19)16-5-2-1-3-6-16/h1-12,15H,13-14H2,(H3,27,28). The van der Waals surface area contributed by atoms with Crippen molar-refractivity contribution in [1.29, 1.82) is 5.41 Å². The van der Waals surface area contributed by atoms with Gasteiger partial charge in [-0.15, -0.1) is 0 Å². The minimum Gasteiger partial charge on any atom is -0.492 e. The van der Waals surface area contributed by atoms with Gasteiger partial charge in [0, 0.05) is 11.3 Å². The zero-order chi connectivity index (χ0) is 22.4. The third-order valence-corrected chi connectivity index (χ3v) is 4.50. The molecule has 0 heterocycles. The molecule has 160 valence electrons. The fourth-order valence-electron chi connectivity index (χ4n) is 2.97. The van der Waals surface area contributed by atoms with Gasteiger partial charge < -0.3 is 15.4 Å². The van der Waals surface area contributed by atoms with Crippen molar-refractivity contribution in [3.8, 4) is 16.9 Å². The molecule has 1 amide bonds. The Kier molecular flexibility index (Phi) is 6.59. The summed E-state index contributed by atoms with van der Waals surface area (Å²) in [6.45, 7) is -0.489. The van der Waals surface area contributed by atoms with E-state index in [-0.39, 0.29) is 24.7 Å². The van der Waals surface area contributed by atoms with Crippen LogP contribution in [0.4, 0.5) is 18.9 Å². The van der Waals surface area contributed by atoms with Crippen LogP contribution in [0, 0.1) is 5.41 Å². The number of nitrogens with two attached hydrogens (primary N) is 1. The predicted molar refractivity (Wildman–Crippen MR) is 113 cm³/mol. The highest BCUT2D eigenvalue weighted by Crippen LogP contribution is 2.27. The van der Waals surface area contributed by atoms with Gasteiger partial charge in [-0.3, -0.25) is 10.2 Å². The Hall–Kier alpha value is -3.81. The minimum atomic E-state index is -5.02. The lowest BCUT2D eigenvalue weighted by Gasteiger charge is -2.24. The smallest absolute Gasteiger partial charge is 0.471 e. The highest BCUT2D eigenvalue weighted by molar-refractivity contribution is 5.97. The summed E-state index contributed by atoms with van der Waals surface area (Å²) in [5.41, 5.74) is 7.70. The second-order valence-corrected chi connectivity index (χ2v) is 6.66. The number of carbonyl (C=O) groups excluding carboxylic acids is 1. The molecule has 0 aromatic heterocycles. The number of hydrogen-bond acceptors (Lipinski definition) is 3. The Bertz CT molecular complexity index is 1050. The van der Waals surface area contributed by atoms with E-state index in [9.17, 15) is 18.0 Å². The van der Waals surface area contributed by atoms with E-state index in [1.165, 1.54) is 18.2 Å². The Balaban J connectivity index is 1.76. The number of hydrogen-bond donors (Lipinski definition) is 2. The van der Waals surface area contributed by atoms with E-state index in [1.54, 1.807) is 30.3 Å². The Morgan fingerprint density at radius 2 is 1.58 bits per heavy atom. The molecule has 0 saturated carbocycles. The van der Waals surface area contributed by atoms with Gasteiger partial charge in [0.1, 0.15) is 18.2 Å². The van der Waals surface area contributed by atoms with Crippen LogP contribution in [0.15, 0.2) is 78.9 Å². The molecule has 0 aliphatic heterocycles. The number of nitrogens with zero attached hydrogens (tertiary/aromatic N) is 1. The maximum Gasteiger partial charge on any atom is 0.471 e. The molecular formula is C23H20F3N3O2. The molecule has 0 unspecified atom stereocenters. The van der Waals surface area contributed by atoms with E-state index in [0.717, 1.165) is 11.1 Å². The van der Waals surface area contributed by atoms with Crippen molar-refractivity contribution in [2.24, 2.45) is 5.73 Å². The van der Waals surface area contributed by atoms with Crippen molar-refractivity contribution in [3.05, 3.63) is 84.4 Å². The molecule has 3 aromatic rings. The summed E-state index contributed by atoms with van der Waals surface area (Å²) in [7, 11) is 0. The highest BCUT2D eigenvalue weighted by Gasteiger charge is 2.43. The molecule has 0 radical (unpaired) electrons. The molecule has 3 rings (SSSR count). The number of rotatable bonds is 7. The molecule has 8 heteroatoms. The van der Waals surface area contributed by atoms with Crippen molar-refractivity contribution < 1.29 is 22.7 Å². The van der Waals surface area contributed by atoms with Crippen LogP contribution in [-0.2, 0) is 4.79 Å². The zero-order valence-electron chi connectivity index (χ0n) is 16.4. The van der Waals surface area contributed by atoms with Crippen LogP contribution < -0.4 is 15.4 Å². The normalized spacial score (nSPS) is 11.1. The average molecular weight is 427 g/mol. The van der Waals surface area contributed by atoms with Gasteiger partial charge in [-0.25, -0.2) is 0 Å². The number of anilines is 1. The van der Waals surface area contributed by atoms with E-state index in [2.05, 4.69) is 0 Å². The summed E-state index contributed by atoms with van der Waals surface area (Å²) in [6.07, 6.45) is -5.02. The Morgan fingerprint density at radius 1 is 0.935 bits per heavy atom. The first kappa shape index (κ1) is 21.9. The van der Waals surface area contributed by atoms with Crippen molar-refractivity contribution in [2.45, 2.75) is 6.18 Å². The van der Waals surface area contributed by atoms with Crippen LogP contribution in [0.5, 0.6) is 5.75 Å². The van der Waals surface area contributed by atoms with Crippen LogP contribution in [0.1, 0.15) is 5.56 Å². The quantitative estimate of drug-likeness (QED) is 0.427. The zero-order valence-corrected chi connectivity index (χ0v) is 16.4. The number of benzene rings is 3. The number of halogens is 3. The van der Waals surface area contributed by atoms with E-state index < -0.39 is 12.1 Å². The molecule has 0 aliphatic carbocycles. The van der Waals surface area contributed by atoms with Crippen LogP contribution in [0.2, 0.25) is 0 Å². The second kappa shape index (κ2) is 9.34. The van der Waals surface area contributed by atoms with Crippen molar-refractivity contribution in [3.63, 3.8) is 0 Å². The molecule has 0 spiro atoms. The van der Waals surface area contributed by atoms with Crippen LogP contribution in [0.3, 0.4) is 0 Å². The maximum atomic E-state index is 13.2. The minimum absolute atomic E-state index is 0.114. The first-order chi connectivity index (χ1) is 14.8. The fraction of sp³-hybridized carbons (Fsp3) is 0.130. The van der Waals surface area contributed by atoms with E-state index in [0.29, 0.717) is 16.2 Å². The first-order valence-electron chi connectivity index (χ1n) is 9.37. The van der Waals surface area contributed by atoms with Crippen LogP contribution >= 0.6 is 0 Å². The lowest BCUT2D eigenvalue weighted by molar-refractivity contribution is -0.170. The average Bonchev–Trinajstić information content (AvgIpc) is 2.77. The molecule has 0 atom stereocenters. The van der Waals surface area contributed by atoms with E-state index in [1.807, 2.05) is 30.3 Å². The number of nitrogens with one attached hydrogen (secondary N) is 1. The van der Waals surface area contributed by atoms with Gasteiger partial charge in [-0.05, 0) is 35.4 Å². The third-order valence-electron chi connectivity index (χ3n) is 4.50. The number of ether oxygens (including phenoxy) is 1. The molecule has 0 aliphatic rings. The SMILES string of the molecule is N=C(N)c1cccc(OCCN(C(=O)C(F)(F)F)c2ccc(-c3ccccc3)cc2)c1. The fourth-order valence-corrected chi connectivity index (χ4v) is 2.97. The number of alkyl halides is 3. The van der Waals surface area contributed by atoms with E-state index in [4.69, 9.17) is 15.9 Å². The first-order valence-corrected chi connectivity index (χ1v) is 9.37. The molecule has 3 N–H and O–H groups in total. The lowest BCUT2D eigenvalue weighted by Crippen LogP contribution is -2.43. The van der Waals surface area contributed by atoms with Gasteiger partial charge in [-0.2, -0.15) is 13.2 Å². The topological polar surface area (TPSA) is 79.4 Å². The number of nitrogen functional groups attached to an aromatic ring is 1. The predicted octanol–water partition coefficient (Wildman–Crippen LogP) is 4.61. The summed E-state index contributed by atoms with van der Waals surface area (Å²) in [5.74, 6) is -1.79. The summed E-state index contributed by atoms with van der Waals surface area (Å²) in [6, 6.07) is 22.0. The molecule has 3 aromatic carbocycles. The number of carbonyl (C=O) groups is 1. The highest BCUT2D eigenvalue weighted by atomic mass is 19.4. The van der Waals surface area contributed by atoms with Gasteiger partial charge in [0.15, 0.2) is 0 Å². The summed E-state index contributed by atoms with van der Waals surface area (Å²) >= 11 is 0. The largest absolute Gasteiger partial charge is 0.492 e. The molecule has 0 fully saturated rings. The van der Waals surface area contributed by atoms with Gasteiger partial charge >= 0.3 is 12.1 Å². The molecular weight excluding hydrogens is 407 g/mol. The number of amidine groups is 1. The summed E-state index contributed by atoms with van der Waals surface area (Å²) < 4.78 is 44.9. The summed E-state index contributed by atoms with van der Waals surface area (Å²) in [4.78, 5) is 12.6. The molecule has 5 nitrogen and oxygen atoms in total. The second-order valence-electron chi connectivity index (χ2n) is 6.66. The van der Waals surface area contributed by atoms with Crippen molar-refractivity contribution >= 4 is 17.4 Å². The van der Waals surface area contributed by atoms with Crippen LogP contribution in [0.25, 0.3) is 11.1 Å². The van der Waals surface area contributed by atoms with Gasteiger partial charge in [0.25, 0.3) is 0 Å². The van der Waals surface area contributed by atoms with Crippen LogP contribution in [-0.4, -0.2) is 31.1 Å². The van der Waals surface area contributed by atoms with Gasteiger partial charge in [-0.1, -0.05) is 54.6 Å². The lowest BCUT2D eigenvalue weighted by atomic mass is 10.1. The Labute approximate surface area is 177 Å². The van der Waals surface area contributed by atoms with Crippen molar-refractivity contribution in [2.75, 3.05) is 18.1 Å². The van der Waals surface area contributed by atoms with Crippen molar-refractivity contribution in [1.82, 2.24) is 0 Å². The number of amides is 1. The van der Waals surface area contributed by atoms with Gasteiger partial charge in [0.05, 0.1) is 6.54 Å².